The molecule has 28 heavy (non-hydrogen) atoms. The fourth-order valence-corrected chi connectivity index (χ4v) is 8.58. The van der Waals surface area contributed by atoms with Gasteiger partial charge in [0.1, 0.15) is 5.60 Å². The predicted octanol–water partition coefficient (Wildman–Crippen LogP) is 4.33. The third kappa shape index (κ3) is 2.58. The van der Waals surface area contributed by atoms with Crippen LogP contribution >= 0.6 is 0 Å². The zero-order chi connectivity index (χ0) is 19.6. The second-order valence-electron chi connectivity index (χ2n) is 10.6. The molecule has 0 aromatic carbocycles. The van der Waals surface area contributed by atoms with Crippen molar-refractivity contribution >= 4 is 0 Å². The molecule has 8 atom stereocenters. The number of hydrogen-bond donors (Lipinski definition) is 1. The highest BCUT2D eigenvalue weighted by Gasteiger charge is 2.65. The summed E-state index contributed by atoms with van der Waals surface area (Å²) in [6.07, 6.45) is 14.6. The van der Waals surface area contributed by atoms with Crippen molar-refractivity contribution < 1.29 is 19.0 Å². The standard InChI is InChI=1S/C24H35FO3/c1-3-23(26)9-7-20-19-5-4-16-15-24(27-12-13-28-24)10-6-18(16)21(19)17(8-11-25)14-22(20,23)2/h1,16-21,26H,4-15H2,2H3/t16-,17-,18?,19?,20?,21?,22-,23-/m0/s1. The molecule has 1 saturated heterocycles. The van der Waals surface area contributed by atoms with Gasteiger partial charge in [0.2, 0.25) is 0 Å². The summed E-state index contributed by atoms with van der Waals surface area (Å²) in [4.78, 5) is 0. The molecule has 1 heterocycles. The van der Waals surface area contributed by atoms with Crippen LogP contribution in [0.25, 0.3) is 0 Å². The van der Waals surface area contributed by atoms with E-state index in [1.54, 1.807) is 0 Å². The van der Waals surface area contributed by atoms with Crippen molar-refractivity contribution in [2.24, 2.45) is 40.9 Å². The van der Waals surface area contributed by atoms with Crippen molar-refractivity contribution in [3.8, 4) is 12.3 Å². The lowest BCUT2D eigenvalue weighted by Crippen LogP contribution is -2.57. The van der Waals surface area contributed by atoms with E-state index in [0.717, 1.165) is 45.3 Å². The van der Waals surface area contributed by atoms with Crippen molar-refractivity contribution in [1.29, 1.82) is 0 Å². The van der Waals surface area contributed by atoms with Gasteiger partial charge in [-0.2, -0.15) is 0 Å². The Morgan fingerprint density at radius 1 is 1.07 bits per heavy atom. The Kier molecular flexibility index (Phi) is 4.62. The molecule has 1 N–H and O–H groups in total. The molecular weight excluding hydrogens is 355 g/mol. The fraction of sp³-hybridized carbons (Fsp3) is 0.917. The van der Waals surface area contributed by atoms with E-state index in [0.29, 0.717) is 48.3 Å². The second-order valence-corrected chi connectivity index (χ2v) is 10.6. The van der Waals surface area contributed by atoms with Crippen LogP contribution in [-0.4, -0.2) is 36.4 Å². The molecule has 5 rings (SSSR count). The SMILES string of the molecule is C#C[C@]1(O)CCC2C3CC[C@H]4CC5(CCC4C3[C@@H](CCF)C[C@@]21C)OCCO5. The van der Waals surface area contributed by atoms with Gasteiger partial charge < -0.3 is 14.6 Å². The minimum absolute atomic E-state index is 0.261. The molecule has 156 valence electrons. The molecule has 1 aliphatic heterocycles. The van der Waals surface area contributed by atoms with E-state index >= 15 is 0 Å². The second kappa shape index (κ2) is 6.69. The summed E-state index contributed by atoms with van der Waals surface area (Å²) in [5, 5.41) is 11.2. The van der Waals surface area contributed by atoms with E-state index in [1.807, 2.05) is 0 Å². The summed E-state index contributed by atoms with van der Waals surface area (Å²) in [5.41, 5.74) is -1.28. The highest BCUT2D eigenvalue weighted by atomic mass is 19.1. The van der Waals surface area contributed by atoms with E-state index in [4.69, 9.17) is 15.9 Å². The van der Waals surface area contributed by atoms with E-state index in [9.17, 15) is 9.50 Å². The van der Waals surface area contributed by atoms with Crippen molar-refractivity contribution in [3.05, 3.63) is 0 Å². The molecule has 1 spiro atoms. The van der Waals surface area contributed by atoms with Crippen molar-refractivity contribution in [2.75, 3.05) is 19.9 Å². The Morgan fingerprint density at radius 2 is 1.86 bits per heavy atom. The average Bonchev–Trinajstić information content (AvgIpc) is 3.24. The summed E-state index contributed by atoms with van der Waals surface area (Å²) in [5.74, 6) is 5.68. The van der Waals surface area contributed by atoms with E-state index in [-0.39, 0.29) is 17.9 Å². The summed E-state index contributed by atoms with van der Waals surface area (Å²) >= 11 is 0. The third-order valence-corrected chi connectivity index (χ3v) is 9.76. The van der Waals surface area contributed by atoms with Crippen molar-refractivity contribution in [1.82, 2.24) is 0 Å². The fourth-order valence-electron chi connectivity index (χ4n) is 8.58. The summed E-state index contributed by atoms with van der Waals surface area (Å²) < 4.78 is 25.7. The van der Waals surface area contributed by atoms with Crippen LogP contribution in [0.4, 0.5) is 4.39 Å². The Balaban J connectivity index is 1.44. The highest BCUT2D eigenvalue weighted by Crippen LogP contribution is 2.67. The first-order chi connectivity index (χ1) is 13.5. The smallest absolute Gasteiger partial charge is 0.168 e. The minimum Gasteiger partial charge on any atom is -0.377 e. The van der Waals surface area contributed by atoms with Crippen LogP contribution in [0.5, 0.6) is 0 Å². The molecule has 5 aliphatic rings. The zero-order valence-electron chi connectivity index (χ0n) is 17.2. The maximum Gasteiger partial charge on any atom is 0.168 e. The minimum atomic E-state index is -1.02. The lowest BCUT2D eigenvalue weighted by molar-refractivity contribution is -0.216. The number of ether oxygens (including phenoxy) is 2. The topological polar surface area (TPSA) is 38.7 Å². The molecular formula is C24H35FO3. The number of aliphatic hydroxyl groups is 1. The largest absolute Gasteiger partial charge is 0.377 e. The molecule has 3 nitrogen and oxygen atoms in total. The first kappa shape index (κ1) is 19.3. The van der Waals surface area contributed by atoms with Crippen LogP contribution in [0.1, 0.15) is 64.7 Å². The first-order valence-electron chi connectivity index (χ1n) is 11.5. The maximum absolute atomic E-state index is 13.6. The predicted molar refractivity (Wildman–Crippen MR) is 105 cm³/mol. The van der Waals surface area contributed by atoms with Crippen LogP contribution < -0.4 is 0 Å². The highest BCUT2D eigenvalue weighted by molar-refractivity contribution is 5.24. The molecule has 4 heteroatoms. The third-order valence-electron chi connectivity index (χ3n) is 9.76. The van der Waals surface area contributed by atoms with Crippen LogP contribution in [0.3, 0.4) is 0 Å². The Bertz CT molecular complexity index is 653. The van der Waals surface area contributed by atoms with Crippen molar-refractivity contribution in [2.45, 2.75) is 76.1 Å². The molecule has 4 unspecified atom stereocenters. The lowest BCUT2D eigenvalue weighted by Gasteiger charge is -2.60. The number of hydrogen-bond acceptors (Lipinski definition) is 3. The molecule has 0 radical (unpaired) electrons. The van der Waals surface area contributed by atoms with Gasteiger partial charge in [-0.15, -0.1) is 6.42 Å². The van der Waals surface area contributed by atoms with Gasteiger partial charge in [-0.05, 0) is 80.5 Å². The maximum atomic E-state index is 13.6. The molecule has 5 fully saturated rings. The van der Waals surface area contributed by atoms with Gasteiger partial charge in [0.25, 0.3) is 0 Å². The quantitative estimate of drug-likeness (QED) is 0.713. The van der Waals surface area contributed by atoms with Gasteiger partial charge in [-0.25, -0.2) is 0 Å². The normalized spacial score (nSPS) is 51.9. The van der Waals surface area contributed by atoms with Crippen LogP contribution in [0.15, 0.2) is 0 Å². The van der Waals surface area contributed by atoms with Gasteiger partial charge in [0, 0.05) is 18.3 Å². The van der Waals surface area contributed by atoms with Gasteiger partial charge in [-0.3, -0.25) is 4.39 Å². The Labute approximate surface area is 168 Å². The Morgan fingerprint density at radius 3 is 2.57 bits per heavy atom. The molecule has 0 aromatic heterocycles. The lowest BCUT2D eigenvalue weighted by atomic mass is 9.45. The molecule has 4 saturated carbocycles. The summed E-state index contributed by atoms with van der Waals surface area (Å²) in [6.45, 7) is 3.38. The number of fused-ring (bicyclic) bond motifs is 5. The molecule has 0 amide bonds. The summed E-state index contributed by atoms with van der Waals surface area (Å²) in [6, 6.07) is 0. The average molecular weight is 391 g/mol. The number of alkyl halides is 1. The monoisotopic (exact) mass is 390 g/mol. The first-order valence-corrected chi connectivity index (χ1v) is 11.5. The van der Waals surface area contributed by atoms with Crippen LogP contribution in [0, 0.1) is 53.3 Å². The van der Waals surface area contributed by atoms with Gasteiger partial charge >= 0.3 is 0 Å². The molecule has 4 aliphatic carbocycles. The zero-order valence-corrected chi connectivity index (χ0v) is 17.2. The number of terminal acetylenes is 1. The number of halogens is 1. The van der Waals surface area contributed by atoms with Gasteiger partial charge in [0.15, 0.2) is 5.79 Å². The van der Waals surface area contributed by atoms with Gasteiger partial charge in [-0.1, -0.05) is 12.8 Å². The Hall–Kier alpha value is -0.630. The van der Waals surface area contributed by atoms with Gasteiger partial charge in [0.05, 0.1) is 19.9 Å². The van der Waals surface area contributed by atoms with E-state index < -0.39 is 5.60 Å². The number of rotatable bonds is 2. The van der Waals surface area contributed by atoms with Crippen LogP contribution in [0.2, 0.25) is 0 Å². The molecule has 0 aromatic rings. The van der Waals surface area contributed by atoms with Crippen LogP contribution in [-0.2, 0) is 9.47 Å². The van der Waals surface area contributed by atoms with E-state index in [1.165, 1.54) is 12.8 Å². The summed E-state index contributed by atoms with van der Waals surface area (Å²) in [7, 11) is 0. The van der Waals surface area contributed by atoms with E-state index in [2.05, 4.69) is 12.8 Å². The van der Waals surface area contributed by atoms with Crippen molar-refractivity contribution in [3.63, 3.8) is 0 Å². The molecule has 0 bridgehead atoms.